The van der Waals surface area contributed by atoms with Crippen LogP contribution >= 0.6 is 9.12 Å². The molecule has 1 amide bonds. The van der Waals surface area contributed by atoms with E-state index in [1.54, 1.807) is 12.0 Å². The molecule has 1 aromatic carbocycles. The van der Waals surface area contributed by atoms with E-state index >= 15 is 4.79 Å². The van der Waals surface area contributed by atoms with Gasteiger partial charge in [-0.25, -0.2) is 4.79 Å². The van der Waals surface area contributed by atoms with Gasteiger partial charge in [-0.05, 0) is 68.3 Å². The summed E-state index contributed by atoms with van der Waals surface area (Å²) < 4.78 is 23.3. The third-order valence-corrected chi connectivity index (χ3v) is 15.3. The average Bonchev–Trinajstić information content (AvgIpc) is 3.95. The maximum absolute atomic E-state index is 15.3. The zero-order chi connectivity index (χ0) is 43.6. The van der Waals surface area contributed by atoms with Crippen LogP contribution < -0.4 is 5.46 Å². The molecule has 1 aliphatic carbocycles. The van der Waals surface area contributed by atoms with Gasteiger partial charge in [0.05, 0.1) is 20.3 Å². The molecular formula is C45H57BN4O10P. The Labute approximate surface area is 359 Å². The summed E-state index contributed by atoms with van der Waals surface area (Å²) in [5, 5.41) is 24.0. The first kappa shape index (κ1) is 43.2. The van der Waals surface area contributed by atoms with E-state index in [1.165, 1.54) is 21.1 Å². The standard InChI is InChI=1S/C45H57BN4O10P/c1-7-43(39(60-26(3)52)37(54)40(55)58-5)12-8-14-48-16-13-44(41(43)48)23-50(24-51)34-20-36(57-4)32(19-31(34)44)45(42(56)59-6)21-27-17-35(53)25(2)49(22-27)15-11-29-30-18-28(46-61)9-10-33(30)47-38(29)45/h8-10,12,18-20,24,27,32,36-37,39,41,47,53-54H,7,11,13-17,21-23,61H2,1-6H3/t27-,32?,36?,37-,39-,41-,43-,44+,45-/m0/s1. The van der Waals surface area contributed by atoms with Crippen molar-refractivity contribution in [2.45, 2.75) is 82.6 Å². The molecule has 16 heteroatoms. The second-order valence-electron chi connectivity index (χ2n) is 17.7. The van der Waals surface area contributed by atoms with E-state index in [-0.39, 0.29) is 12.5 Å². The number of esters is 3. The normalized spacial score (nSPS) is 31.8. The number of fused-ring (bicyclic) bond motifs is 9. The summed E-state index contributed by atoms with van der Waals surface area (Å²) in [6.07, 6.45) is 7.30. The molecule has 0 saturated carbocycles. The third-order valence-electron chi connectivity index (χ3n) is 15.0. The van der Waals surface area contributed by atoms with Crippen LogP contribution in [0.3, 0.4) is 0 Å². The molecule has 2 fully saturated rings. The van der Waals surface area contributed by atoms with Crippen molar-refractivity contribution in [3.8, 4) is 0 Å². The lowest BCUT2D eigenvalue weighted by molar-refractivity contribution is -0.181. The van der Waals surface area contributed by atoms with Gasteiger partial charge in [-0.1, -0.05) is 42.7 Å². The van der Waals surface area contributed by atoms with E-state index in [1.807, 2.05) is 51.2 Å². The average molecular weight is 856 g/mol. The highest BCUT2D eigenvalue weighted by Gasteiger charge is 2.67. The maximum atomic E-state index is 15.3. The van der Waals surface area contributed by atoms with E-state index in [0.29, 0.717) is 69.7 Å². The molecule has 3 N–H and O–H groups in total. The van der Waals surface area contributed by atoms with Crippen LogP contribution in [0.1, 0.15) is 57.7 Å². The fourth-order valence-electron chi connectivity index (χ4n) is 12.3. The number of hydrogen-bond donors (Lipinski definition) is 3. The Kier molecular flexibility index (Phi) is 11.6. The molecule has 8 rings (SSSR count). The van der Waals surface area contributed by atoms with Crippen molar-refractivity contribution in [2.24, 2.45) is 22.7 Å². The van der Waals surface area contributed by atoms with Crippen LogP contribution in [0.15, 0.2) is 65.2 Å². The monoisotopic (exact) mass is 855 g/mol. The molecule has 6 aliphatic rings. The molecule has 2 aromatic rings. The second-order valence-corrected chi connectivity index (χ2v) is 18.0. The predicted molar refractivity (Wildman–Crippen MR) is 231 cm³/mol. The van der Waals surface area contributed by atoms with E-state index < -0.39 is 64.4 Å². The fraction of sp³-hybridized carbons (Fsp3) is 0.556. The van der Waals surface area contributed by atoms with Crippen LogP contribution in [0.4, 0.5) is 0 Å². The summed E-state index contributed by atoms with van der Waals surface area (Å²) in [4.78, 5) is 64.4. The molecule has 14 nitrogen and oxygen atoms in total. The Bertz CT molecular complexity index is 2260. The van der Waals surface area contributed by atoms with Crippen LogP contribution in [0.2, 0.25) is 0 Å². The number of hydrogen-bond acceptors (Lipinski definition) is 12. The Hall–Kier alpha value is -4.43. The summed E-state index contributed by atoms with van der Waals surface area (Å²) in [6, 6.07) is 5.73. The van der Waals surface area contributed by atoms with Gasteiger partial charge in [0, 0.05) is 97.4 Å². The van der Waals surface area contributed by atoms with Crippen LogP contribution in [0, 0.1) is 22.7 Å². The topological polar surface area (TPSA) is 171 Å². The lowest BCUT2D eigenvalue weighted by atomic mass is 9.57. The number of allylic oxidation sites excluding steroid dienone is 3. The Morgan fingerprint density at radius 1 is 1.15 bits per heavy atom. The van der Waals surface area contributed by atoms with Gasteiger partial charge in [0.15, 0.2) is 13.1 Å². The van der Waals surface area contributed by atoms with Crippen molar-refractivity contribution in [1.29, 1.82) is 0 Å². The van der Waals surface area contributed by atoms with Crippen molar-refractivity contribution in [2.75, 3.05) is 54.1 Å². The molecule has 61 heavy (non-hydrogen) atoms. The number of likely N-dealkylation sites (tertiary alicyclic amines) is 1. The molecular weight excluding hydrogens is 798 g/mol. The van der Waals surface area contributed by atoms with Crippen molar-refractivity contribution in [3.05, 3.63) is 76.5 Å². The molecule has 3 unspecified atom stereocenters. The zero-order valence-electron chi connectivity index (χ0n) is 35.8. The molecule has 6 heterocycles. The number of nitrogens with zero attached hydrogens (tertiary/aromatic N) is 3. The van der Waals surface area contributed by atoms with Gasteiger partial charge < -0.3 is 43.9 Å². The van der Waals surface area contributed by atoms with Gasteiger partial charge in [0.25, 0.3) is 0 Å². The van der Waals surface area contributed by atoms with Crippen LogP contribution in [0.25, 0.3) is 10.9 Å². The quantitative estimate of drug-likeness (QED) is 0.0799. The fourth-order valence-corrected chi connectivity index (χ4v) is 12.5. The number of benzene rings is 1. The van der Waals surface area contributed by atoms with E-state index in [0.717, 1.165) is 45.3 Å². The minimum Gasteiger partial charge on any atom is -0.511 e. The number of nitrogens with one attached hydrogen (secondary N) is 1. The SMILES string of the molecule is CC[C@@]1([C@@H](OC(C)=O)[C@H](O)C(=O)OC)C=CCN2CC[C@]3(CN(C=O)C4=CC(OC)C([C@@]5(C(=O)OC)C[C@@H]6CC(O)=C(C)N(CCc7c5[nH]c5ccc([B]P)cc75)C6)C=C43)[C@@H]21. The minimum atomic E-state index is -1.80. The highest BCUT2D eigenvalue weighted by Crippen LogP contribution is 2.62. The van der Waals surface area contributed by atoms with Gasteiger partial charge in [0.1, 0.15) is 17.3 Å². The summed E-state index contributed by atoms with van der Waals surface area (Å²) in [5.41, 5.74) is 2.66. The summed E-state index contributed by atoms with van der Waals surface area (Å²) in [5.74, 6) is -2.55. The number of carbonyl (C=O) groups is 4. The summed E-state index contributed by atoms with van der Waals surface area (Å²) in [6.45, 7) is 9.82. The Morgan fingerprint density at radius 2 is 1.93 bits per heavy atom. The molecule has 5 aliphatic heterocycles. The van der Waals surface area contributed by atoms with E-state index in [2.05, 4.69) is 36.0 Å². The number of aliphatic hydroxyl groups excluding tert-OH is 2. The maximum Gasteiger partial charge on any atom is 0.338 e. The first-order valence-electron chi connectivity index (χ1n) is 21.2. The zero-order valence-corrected chi connectivity index (χ0v) is 37.0. The summed E-state index contributed by atoms with van der Waals surface area (Å²) >= 11 is 0. The van der Waals surface area contributed by atoms with Crippen LogP contribution in [-0.2, 0) is 50.0 Å². The molecule has 2 bridgehead atoms. The number of ether oxygens (including phenoxy) is 4. The van der Waals surface area contributed by atoms with Gasteiger partial charge in [0.2, 0.25) is 6.41 Å². The van der Waals surface area contributed by atoms with Gasteiger partial charge >= 0.3 is 17.9 Å². The first-order valence-corrected chi connectivity index (χ1v) is 21.9. The molecule has 2 saturated heterocycles. The number of methoxy groups -OCH3 is 3. The molecule has 10 atom stereocenters. The molecule has 1 radical (unpaired) electrons. The number of rotatable bonds is 10. The minimum absolute atomic E-state index is 0.149. The van der Waals surface area contributed by atoms with Gasteiger partial charge in [-0.15, -0.1) is 0 Å². The number of aromatic nitrogens is 1. The molecule has 1 spiro atoms. The summed E-state index contributed by atoms with van der Waals surface area (Å²) in [7, 11) is 6.88. The van der Waals surface area contributed by atoms with Gasteiger partial charge in [-0.3, -0.25) is 19.3 Å². The van der Waals surface area contributed by atoms with Gasteiger partial charge in [-0.2, -0.15) is 9.12 Å². The number of amides is 1. The number of aliphatic hydroxyl groups is 2. The number of H-pyrrole nitrogens is 1. The van der Waals surface area contributed by atoms with Crippen molar-refractivity contribution in [1.82, 2.24) is 19.7 Å². The second kappa shape index (κ2) is 16.4. The highest BCUT2D eigenvalue weighted by atomic mass is 31.0. The Morgan fingerprint density at radius 3 is 2.61 bits per heavy atom. The van der Waals surface area contributed by atoms with Crippen molar-refractivity contribution < 1.29 is 48.3 Å². The van der Waals surface area contributed by atoms with Crippen LogP contribution in [-0.4, -0.2) is 140 Å². The lowest BCUT2D eigenvalue weighted by Crippen LogP contribution is -2.63. The van der Waals surface area contributed by atoms with Crippen molar-refractivity contribution in [3.63, 3.8) is 0 Å². The van der Waals surface area contributed by atoms with E-state index in [4.69, 9.17) is 18.9 Å². The van der Waals surface area contributed by atoms with Crippen molar-refractivity contribution >= 4 is 56.8 Å². The predicted octanol–water partition coefficient (Wildman–Crippen LogP) is 3.18. The molecule has 325 valence electrons. The largest absolute Gasteiger partial charge is 0.511 e. The first-order chi connectivity index (χ1) is 29.3. The van der Waals surface area contributed by atoms with Crippen LogP contribution in [0.5, 0.6) is 0 Å². The Balaban J connectivity index is 1.39. The molecule has 1 aromatic heterocycles. The smallest absolute Gasteiger partial charge is 0.338 e. The third kappa shape index (κ3) is 6.59. The van der Waals surface area contributed by atoms with E-state index in [9.17, 15) is 24.6 Å². The lowest BCUT2D eigenvalue weighted by Gasteiger charge is -2.53. The number of aromatic amines is 1. The number of carbonyl (C=O) groups excluding carboxylic acids is 4. The highest BCUT2D eigenvalue weighted by molar-refractivity contribution is 7.58.